The SMILES string of the molecule is CC1(C)C[C@@H]2CCN(C(=O)c3cccn4cncc34)C[C@H]2N1. The number of rotatable bonds is 1. The van der Waals surface area contributed by atoms with Gasteiger partial charge in [0.25, 0.3) is 5.91 Å². The average Bonchev–Trinajstić information content (AvgIpc) is 3.07. The molecule has 2 aliphatic rings. The van der Waals surface area contributed by atoms with Gasteiger partial charge < -0.3 is 14.6 Å². The van der Waals surface area contributed by atoms with Gasteiger partial charge in [0, 0.05) is 30.9 Å². The van der Waals surface area contributed by atoms with Gasteiger partial charge in [0.2, 0.25) is 0 Å². The molecule has 2 aromatic rings. The third-order valence-electron chi connectivity index (χ3n) is 5.07. The molecule has 0 bridgehead atoms. The van der Waals surface area contributed by atoms with Gasteiger partial charge in [0.15, 0.2) is 0 Å². The highest BCUT2D eigenvalue weighted by Crippen LogP contribution is 2.34. The second kappa shape index (κ2) is 4.81. The van der Waals surface area contributed by atoms with Crippen LogP contribution in [0, 0.1) is 5.92 Å². The summed E-state index contributed by atoms with van der Waals surface area (Å²) in [5.41, 5.74) is 1.82. The monoisotopic (exact) mass is 298 g/mol. The summed E-state index contributed by atoms with van der Waals surface area (Å²) in [6.07, 6.45) is 7.72. The molecule has 0 aliphatic carbocycles. The summed E-state index contributed by atoms with van der Waals surface area (Å²) in [6, 6.07) is 4.24. The van der Waals surface area contributed by atoms with Crippen LogP contribution in [0.5, 0.6) is 0 Å². The normalized spacial score (nSPS) is 27.1. The number of imidazole rings is 1. The van der Waals surface area contributed by atoms with E-state index in [0.717, 1.165) is 30.6 Å². The average molecular weight is 298 g/mol. The molecule has 5 nitrogen and oxygen atoms in total. The lowest BCUT2D eigenvalue weighted by molar-refractivity contribution is 0.0670. The zero-order valence-corrected chi connectivity index (χ0v) is 13.1. The van der Waals surface area contributed by atoms with Crippen molar-refractivity contribution < 1.29 is 4.79 Å². The summed E-state index contributed by atoms with van der Waals surface area (Å²) in [4.78, 5) is 19.1. The summed E-state index contributed by atoms with van der Waals surface area (Å²) in [7, 11) is 0. The summed E-state index contributed by atoms with van der Waals surface area (Å²) < 4.78 is 1.90. The van der Waals surface area contributed by atoms with Crippen LogP contribution in [0.4, 0.5) is 0 Å². The van der Waals surface area contributed by atoms with Crippen molar-refractivity contribution >= 4 is 11.4 Å². The Morgan fingerprint density at radius 2 is 2.32 bits per heavy atom. The molecule has 1 N–H and O–H groups in total. The van der Waals surface area contributed by atoms with Crippen LogP contribution in [0.2, 0.25) is 0 Å². The van der Waals surface area contributed by atoms with Crippen molar-refractivity contribution in [3.8, 4) is 0 Å². The predicted octanol–water partition coefficient (Wildman–Crippen LogP) is 1.94. The van der Waals surface area contributed by atoms with Crippen LogP contribution in [-0.4, -0.2) is 44.9 Å². The lowest BCUT2D eigenvalue weighted by Crippen LogP contribution is -2.50. The summed E-state index contributed by atoms with van der Waals surface area (Å²) >= 11 is 0. The fraction of sp³-hybridized carbons (Fsp3) is 0.529. The quantitative estimate of drug-likeness (QED) is 0.875. The van der Waals surface area contributed by atoms with Gasteiger partial charge in [-0.05, 0) is 44.7 Å². The smallest absolute Gasteiger partial charge is 0.256 e. The molecular formula is C17H22N4O. The van der Waals surface area contributed by atoms with E-state index in [1.165, 1.54) is 6.42 Å². The third kappa shape index (κ3) is 2.20. The minimum absolute atomic E-state index is 0.121. The molecule has 22 heavy (non-hydrogen) atoms. The minimum Gasteiger partial charge on any atom is -0.337 e. The van der Waals surface area contributed by atoms with E-state index in [-0.39, 0.29) is 11.4 Å². The van der Waals surface area contributed by atoms with Crippen LogP contribution >= 0.6 is 0 Å². The standard InChI is InChI=1S/C17H22N4O/c1-17(2)8-12-5-7-20(10-14(12)19-17)16(22)13-4-3-6-21-11-18-9-15(13)21/h3-4,6,9,11-12,14,19H,5,7-8,10H2,1-2H3/t12-,14+/m0/s1. The molecule has 0 aromatic carbocycles. The molecule has 2 atom stereocenters. The Morgan fingerprint density at radius 3 is 3.18 bits per heavy atom. The van der Waals surface area contributed by atoms with Gasteiger partial charge >= 0.3 is 0 Å². The summed E-state index contributed by atoms with van der Waals surface area (Å²) in [6.45, 7) is 6.17. The highest BCUT2D eigenvalue weighted by molar-refractivity contribution is 6.00. The van der Waals surface area contributed by atoms with Crippen molar-refractivity contribution in [2.75, 3.05) is 13.1 Å². The molecule has 1 amide bonds. The second-order valence-corrected chi connectivity index (χ2v) is 7.25. The zero-order valence-electron chi connectivity index (χ0n) is 13.1. The molecule has 2 fully saturated rings. The zero-order chi connectivity index (χ0) is 15.3. The number of carbonyl (C=O) groups is 1. The molecule has 2 aromatic heterocycles. The lowest BCUT2D eigenvalue weighted by atomic mass is 9.88. The van der Waals surface area contributed by atoms with Crippen LogP contribution in [0.1, 0.15) is 37.0 Å². The second-order valence-electron chi connectivity index (χ2n) is 7.25. The van der Waals surface area contributed by atoms with E-state index in [1.807, 2.05) is 27.6 Å². The fourth-order valence-corrected chi connectivity index (χ4v) is 4.11. The van der Waals surface area contributed by atoms with Crippen molar-refractivity contribution in [2.24, 2.45) is 5.92 Å². The van der Waals surface area contributed by atoms with Crippen molar-refractivity contribution in [3.63, 3.8) is 0 Å². The minimum atomic E-state index is 0.121. The summed E-state index contributed by atoms with van der Waals surface area (Å²) in [5, 5.41) is 3.69. The molecule has 2 aliphatic heterocycles. The Bertz CT molecular complexity index is 720. The largest absolute Gasteiger partial charge is 0.337 e. The van der Waals surface area contributed by atoms with E-state index >= 15 is 0 Å². The fourth-order valence-electron chi connectivity index (χ4n) is 4.11. The highest BCUT2D eigenvalue weighted by Gasteiger charge is 2.42. The molecule has 5 heteroatoms. The Hall–Kier alpha value is -1.88. The first-order valence-electron chi connectivity index (χ1n) is 8.01. The Balaban J connectivity index is 1.58. The van der Waals surface area contributed by atoms with Crippen LogP contribution in [0.15, 0.2) is 30.9 Å². The van der Waals surface area contributed by atoms with E-state index in [0.29, 0.717) is 12.0 Å². The first-order valence-corrected chi connectivity index (χ1v) is 8.01. The molecule has 116 valence electrons. The Kier molecular flexibility index (Phi) is 3.01. The molecule has 4 rings (SSSR count). The molecule has 0 spiro atoms. The van der Waals surface area contributed by atoms with E-state index < -0.39 is 0 Å². The van der Waals surface area contributed by atoms with Gasteiger partial charge in [0.05, 0.1) is 23.6 Å². The van der Waals surface area contributed by atoms with Crippen LogP contribution in [-0.2, 0) is 0 Å². The maximum Gasteiger partial charge on any atom is 0.256 e. The first kappa shape index (κ1) is 13.8. The predicted molar refractivity (Wildman–Crippen MR) is 84.8 cm³/mol. The summed E-state index contributed by atoms with van der Waals surface area (Å²) in [5.74, 6) is 0.820. The number of hydrogen-bond donors (Lipinski definition) is 1. The molecule has 4 heterocycles. The third-order valence-corrected chi connectivity index (χ3v) is 5.07. The maximum atomic E-state index is 12.9. The van der Waals surface area contributed by atoms with Gasteiger partial charge in [0.1, 0.15) is 0 Å². The van der Waals surface area contributed by atoms with E-state index in [9.17, 15) is 4.79 Å². The number of pyridine rings is 1. The van der Waals surface area contributed by atoms with E-state index in [2.05, 4.69) is 24.1 Å². The number of nitrogens with zero attached hydrogens (tertiary/aromatic N) is 3. The van der Waals surface area contributed by atoms with Crippen molar-refractivity contribution in [3.05, 3.63) is 36.4 Å². The van der Waals surface area contributed by atoms with Crippen LogP contribution in [0.3, 0.4) is 0 Å². The van der Waals surface area contributed by atoms with E-state index in [1.54, 1.807) is 12.5 Å². The number of nitrogens with one attached hydrogen (secondary N) is 1. The van der Waals surface area contributed by atoms with Gasteiger partial charge in [-0.15, -0.1) is 0 Å². The number of likely N-dealkylation sites (tertiary alicyclic amines) is 1. The van der Waals surface area contributed by atoms with Gasteiger partial charge in [-0.2, -0.15) is 0 Å². The number of piperidine rings is 1. The molecule has 0 unspecified atom stereocenters. The van der Waals surface area contributed by atoms with Crippen molar-refractivity contribution in [1.29, 1.82) is 0 Å². The van der Waals surface area contributed by atoms with Crippen LogP contribution in [0.25, 0.3) is 5.52 Å². The highest BCUT2D eigenvalue weighted by atomic mass is 16.2. The number of fused-ring (bicyclic) bond motifs is 2. The van der Waals surface area contributed by atoms with Gasteiger partial charge in [-0.25, -0.2) is 4.98 Å². The first-order chi connectivity index (χ1) is 10.5. The van der Waals surface area contributed by atoms with Crippen LogP contribution < -0.4 is 5.32 Å². The Labute approximate surface area is 130 Å². The molecule has 0 saturated carbocycles. The molecule has 2 saturated heterocycles. The van der Waals surface area contributed by atoms with Gasteiger partial charge in [-0.3, -0.25) is 4.79 Å². The van der Waals surface area contributed by atoms with Crippen molar-refractivity contribution in [1.82, 2.24) is 19.6 Å². The van der Waals surface area contributed by atoms with Gasteiger partial charge in [-0.1, -0.05) is 0 Å². The maximum absolute atomic E-state index is 12.9. The Morgan fingerprint density at radius 1 is 1.45 bits per heavy atom. The van der Waals surface area contributed by atoms with Crippen molar-refractivity contribution in [2.45, 2.75) is 38.3 Å². The topological polar surface area (TPSA) is 49.6 Å². The number of carbonyl (C=O) groups excluding carboxylic acids is 1. The van der Waals surface area contributed by atoms with E-state index in [4.69, 9.17) is 0 Å². The molecule has 0 radical (unpaired) electrons. The number of hydrogen-bond acceptors (Lipinski definition) is 3. The number of aromatic nitrogens is 2. The lowest BCUT2D eigenvalue weighted by Gasteiger charge is -2.35. The number of amides is 1. The molecular weight excluding hydrogens is 276 g/mol.